The highest BCUT2D eigenvalue weighted by Gasteiger charge is 2.19. The van der Waals surface area contributed by atoms with E-state index in [1.54, 1.807) is 6.92 Å². The molecule has 6 heteroatoms. The zero-order chi connectivity index (χ0) is 11.1. The van der Waals surface area contributed by atoms with Crippen LogP contribution in [0.1, 0.15) is 20.8 Å². The van der Waals surface area contributed by atoms with E-state index in [-0.39, 0.29) is 12.5 Å². The van der Waals surface area contributed by atoms with E-state index in [2.05, 4.69) is 15.3 Å². The number of esters is 1. The zero-order valence-corrected chi connectivity index (χ0v) is 9.09. The first-order chi connectivity index (χ1) is 6.49. The minimum Gasteiger partial charge on any atom is -0.465 e. The molecule has 80 valence electrons. The summed E-state index contributed by atoms with van der Waals surface area (Å²) in [6, 6.07) is 0. The van der Waals surface area contributed by atoms with Gasteiger partial charge in [-0.2, -0.15) is 5.10 Å². The normalized spacial score (nSPS) is 13.3. The largest absolute Gasteiger partial charge is 0.465 e. The van der Waals surface area contributed by atoms with Crippen molar-refractivity contribution in [2.24, 2.45) is 5.10 Å². The molecule has 0 aromatic carbocycles. The molecule has 0 aromatic heterocycles. The number of halogens is 1. The van der Waals surface area contributed by atoms with E-state index in [1.165, 1.54) is 13.8 Å². The fraction of sp³-hybridized carbons (Fsp3) is 0.625. The Morgan fingerprint density at radius 1 is 1.50 bits per heavy atom. The van der Waals surface area contributed by atoms with Gasteiger partial charge in [-0.05, 0) is 13.8 Å². The molecule has 0 rings (SSSR count). The van der Waals surface area contributed by atoms with Gasteiger partial charge in [0, 0.05) is 6.92 Å². The second-order valence-electron chi connectivity index (χ2n) is 2.54. The first kappa shape index (κ1) is 12.9. The van der Waals surface area contributed by atoms with Crippen molar-refractivity contribution < 1.29 is 14.3 Å². The van der Waals surface area contributed by atoms with E-state index < -0.39 is 11.3 Å². The molecule has 1 atom stereocenters. The predicted molar refractivity (Wildman–Crippen MR) is 53.2 cm³/mol. The molecule has 0 saturated heterocycles. The molecule has 0 bridgehead atoms. The molecular weight excluding hydrogens is 208 g/mol. The summed E-state index contributed by atoms with van der Waals surface area (Å²) in [5.41, 5.74) is 2.47. The zero-order valence-electron chi connectivity index (χ0n) is 8.33. The van der Waals surface area contributed by atoms with Crippen molar-refractivity contribution in [2.45, 2.75) is 26.1 Å². The van der Waals surface area contributed by atoms with Gasteiger partial charge in [-0.25, -0.2) is 5.43 Å². The Labute approximate surface area is 87.4 Å². The van der Waals surface area contributed by atoms with E-state index in [1.807, 2.05) is 0 Å². The van der Waals surface area contributed by atoms with Crippen molar-refractivity contribution in [3.8, 4) is 0 Å². The van der Waals surface area contributed by atoms with Gasteiger partial charge in [0.15, 0.2) is 5.38 Å². The van der Waals surface area contributed by atoms with Crippen LogP contribution in [0.25, 0.3) is 0 Å². The van der Waals surface area contributed by atoms with Crippen molar-refractivity contribution >= 4 is 29.2 Å². The van der Waals surface area contributed by atoms with Crippen molar-refractivity contribution in [2.75, 3.05) is 6.61 Å². The van der Waals surface area contributed by atoms with E-state index in [0.29, 0.717) is 5.71 Å². The maximum atomic E-state index is 11.1. The Morgan fingerprint density at radius 2 is 2.07 bits per heavy atom. The number of hydrogen-bond donors (Lipinski definition) is 1. The highest BCUT2D eigenvalue weighted by molar-refractivity contribution is 6.41. The smallest absolute Gasteiger partial charge is 0.329 e. The van der Waals surface area contributed by atoms with Crippen molar-refractivity contribution in [1.82, 2.24) is 5.43 Å². The summed E-state index contributed by atoms with van der Waals surface area (Å²) in [6.07, 6.45) is 0. The predicted octanol–water partition coefficient (Wildman–Crippen LogP) is 0.669. The van der Waals surface area contributed by atoms with Crippen LogP contribution in [0.5, 0.6) is 0 Å². The molecule has 0 aliphatic heterocycles. The van der Waals surface area contributed by atoms with Crippen molar-refractivity contribution in [1.29, 1.82) is 0 Å². The van der Waals surface area contributed by atoms with Crippen LogP contribution in [-0.2, 0) is 14.3 Å². The van der Waals surface area contributed by atoms with Crippen LogP contribution in [0.2, 0.25) is 0 Å². The van der Waals surface area contributed by atoms with Crippen molar-refractivity contribution in [3.05, 3.63) is 0 Å². The van der Waals surface area contributed by atoms with Gasteiger partial charge in [0.05, 0.1) is 12.3 Å². The molecule has 0 heterocycles. The Hall–Kier alpha value is -1.10. The third-order valence-corrected chi connectivity index (χ3v) is 1.74. The number of carbonyl (C=O) groups excluding carboxylic acids is 2. The van der Waals surface area contributed by atoms with Gasteiger partial charge >= 0.3 is 5.97 Å². The number of nitrogens with zero attached hydrogens (tertiary/aromatic N) is 1. The fourth-order valence-corrected chi connectivity index (χ4v) is 0.721. The molecule has 0 radical (unpaired) electrons. The molecule has 5 nitrogen and oxygen atoms in total. The van der Waals surface area contributed by atoms with Gasteiger partial charge in [-0.15, -0.1) is 11.6 Å². The standard InChI is InChI=1S/C8H13ClN2O3/c1-4-14-8(13)7(9)5(2)10-11-6(3)12/h7H,4H2,1-3H3,(H,11,12)/b10-5+. The number of ether oxygens (including phenoxy) is 1. The summed E-state index contributed by atoms with van der Waals surface area (Å²) in [6.45, 7) is 4.78. The van der Waals surface area contributed by atoms with Crippen LogP contribution in [0.4, 0.5) is 0 Å². The maximum Gasteiger partial charge on any atom is 0.329 e. The van der Waals surface area contributed by atoms with E-state index in [9.17, 15) is 9.59 Å². The number of rotatable bonds is 4. The summed E-state index contributed by atoms with van der Waals surface area (Å²) in [5, 5.41) is 2.65. The lowest BCUT2D eigenvalue weighted by Gasteiger charge is -2.07. The molecule has 0 aromatic rings. The molecule has 0 aliphatic carbocycles. The van der Waals surface area contributed by atoms with Gasteiger partial charge in [0.25, 0.3) is 0 Å². The Morgan fingerprint density at radius 3 is 2.50 bits per heavy atom. The summed E-state index contributed by atoms with van der Waals surface area (Å²) in [4.78, 5) is 21.6. The third kappa shape index (κ3) is 4.81. The Bertz CT molecular complexity index is 253. The van der Waals surface area contributed by atoms with E-state index >= 15 is 0 Å². The molecule has 0 saturated carbocycles. The fourth-order valence-electron chi connectivity index (χ4n) is 0.610. The number of nitrogens with one attached hydrogen (secondary N) is 1. The van der Waals surface area contributed by atoms with Crippen LogP contribution in [-0.4, -0.2) is 29.6 Å². The monoisotopic (exact) mass is 220 g/mol. The Balaban J connectivity index is 4.22. The Kier molecular flexibility index (Phi) is 5.87. The number of carbonyl (C=O) groups is 2. The molecule has 0 aliphatic rings. The lowest BCUT2D eigenvalue weighted by atomic mass is 10.3. The topological polar surface area (TPSA) is 67.8 Å². The van der Waals surface area contributed by atoms with Crippen LogP contribution >= 0.6 is 11.6 Å². The number of hydrogen-bond acceptors (Lipinski definition) is 4. The summed E-state index contributed by atoms with van der Waals surface area (Å²) >= 11 is 5.69. The first-order valence-corrected chi connectivity index (χ1v) is 4.54. The average Bonchev–Trinajstić information content (AvgIpc) is 2.13. The SMILES string of the molecule is CCOC(=O)C(Cl)/C(C)=N/NC(C)=O. The summed E-state index contributed by atoms with van der Waals surface area (Å²) in [7, 11) is 0. The highest BCUT2D eigenvalue weighted by Crippen LogP contribution is 2.01. The van der Waals surface area contributed by atoms with Crippen molar-refractivity contribution in [3.63, 3.8) is 0 Å². The third-order valence-electron chi connectivity index (χ3n) is 1.25. The van der Waals surface area contributed by atoms with Crippen LogP contribution in [0.15, 0.2) is 5.10 Å². The first-order valence-electron chi connectivity index (χ1n) is 4.10. The molecule has 14 heavy (non-hydrogen) atoms. The molecule has 0 spiro atoms. The molecule has 1 N–H and O–H groups in total. The van der Waals surface area contributed by atoms with Gasteiger partial charge < -0.3 is 4.74 Å². The molecular formula is C8H13ClN2O3. The second kappa shape index (κ2) is 6.37. The number of amides is 1. The number of alkyl halides is 1. The van der Waals surface area contributed by atoms with Gasteiger partial charge in [0.2, 0.25) is 5.91 Å². The minimum absolute atomic E-state index is 0.259. The van der Waals surface area contributed by atoms with E-state index in [4.69, 9.17) is 11.6 Å². The van der Waals surface area contributed by atoms with Crippen LogP contribution in [0, 0.1) is 0 Å². The van der Waals surface area contributed by atoms with Gasteiger partial charge in [-0.1, -0.05) is 0 Å². The lowest BCUT2D eigenvalue weighted by Crippen LogP contribution is -2.27. The van der Waals surface area contributed by atoms with Gasteiger partial charge in [-0.3, -0.25) is 9.59 Å². The van der Waals surface area contributed by atoms with Gasteiger partial charge in [0.1, 0.15) is 0 Å². The molecule has 1 unspecified atom stereocenters. The van der Waals surface area contributed by atoms with E-state index in [0.717, 1.165) is 0 Å². The second-order valence-corrected chi connectivity index (χ2v) is 2.97. The van der Waals surface area contributed by atoms with Crippen LogP contribution < -0.4 is 5.43 Å². The minimum atomic E-state index is -0.957. The molecule has 0 fully saturated rings. The highest BCUT2D eigenvalue weighted by atomic mass is 35.5. The number of hydrazone groups is 1. The summed E-state index contributed by atoms with van der Waals surface area (Å²) < 4.78 is 4.67. The summed E-state index contributed by atoms with van der Waals surface area (Å²) in [5.74, 6) is -0.891. The molecule has 1 amide bonds. The van der Waals surface area contributed by atoms with Crippen LogP contribution in [0.3, 0.4) is 0 Å². The average molecular weight is 221 g/mol. The quantitative estimate of drug-likeness (QED) is 0.328. The lowest BCUT2D eigenvalue weighted by molar-refractivity contribution is -0.141. The maximum absolute atomic E-state index is 11.1.